The summed E-state index contributed by atoms with van der Waals surface area (Å²) in [5.41, 5.74) is 15.6. The van der Waals surface area contributed by atoms with Gasteiger partial charge in [-0.3, -0.25) is 0 Å². The molecule has 0 spiro atoms. The van der Waals surface area contributed by atoms with Crippen molar-refractivity contribution in [2.45, 2.75) is 0 Å². The van der Waals surface area contributed by atoms with Crippen molar-refractivity contribution in [3.63, 3.8) is 0 Å². The SMILES string of the molecule is c1ccc(-c2ccc(-c3nc(-c4ccc(-c5ccccc5)cc4)nc(-c4ccc(-c5cccc6c5oc5c(-c7ccccc7)cc(-c7ccccc7)cc56)cc4)n3)cc2)cc1. The van der Waals surface area contributed by atoms with Crippen LogP contribution in [0.5, 0.6) is 0 Å². The van der Waals surface area contributed by atoms with Crippen LogP contribution in [0.2, 0.25) is 0 Å². The maximum Gasteiger partial charge on any atom is 0.164 e. The minimum atomic E-state index is 0.605. The standard InChI is InChI=1S/C57H37N3O/c1-5-14-38(15-6-1)41-24-30-45(31-25-41)55-58-56(46-32-26-42(27-33-46)39-16-7-2-8-17-39)60-57(59-55)47-34-28-44(29-35-47)49-22-13-23-50-52-37-48(40-18-9-3-10-19-40)36-51(54(52)61-53(49)50)43-20-11-4-12-21-43/h1-37H. The Morgan fingerprint density at radius 2 is 0.574 bits per heavy atom. The maximum absolute atomic E-state index is 6.90. The molecule has 0 amide bonds. The summed E-state index contributed by atoms with van der Waals surface area (Å²) in [7, 11) is 0. The first-order chi connectivity index (χ1) is 30.2. The summed E-state index contributed by atoms with van der Waals surface area (Å²) in [6.07, 6.45) is 0. The van der Waals surface area contributed by atoms with Gasteiger partial charge in [0.2, 0.25) is 0 Å². The van der Waals surface area contributed by atoms with Crippen molar-refractivity contribution in [3.05, 3.63) is 224 Å². The second-order valence-corrected chi connectivity index (χ2v) is 15.2. The van der Waals surface area contributed by atoms with Crippen molar-refractivity contribution in [2.24, 2.45) is 0 Å². The summed E-state index contributed by atoms with van der Waals surface area (Å²) >= 11 is 0. The number of benzene rings is 9. The van der Waals surface area contributed by atoms with E-state index >= 15 is 0 Å². The average molecular weight is 780 g/mol. The van der Waals surface area contributed by atoms with Gasteiger partial charge in [-0.2, -0.15) is 0 Å². The van der Waals surface area contributed by atoms with Crippen molar-refractivity contribution < 1.29 is 4.42 Å². The Morgan fingerprint density at radius 1 is 0.230 bits per heavy atom. The second kappa shape index (κ2) is 15.5. The molecule has 0 saturated carbocycles. The van der Waals surface area contributed by atoms with Crippen molar-refractivity contribution in [1.29, 1.82) is 0 Å². The number of para-hydroxylation sites is 1. The highest BCUT2D eigenvalue weighted by molar-refractivity contribution is 6.14. The van der Waals surface area contributed by atoms with Crippen LogP contribution in [-0.4, -0.2) is 15.0 Å². The number of rotatable bonds is 8. The largest absolute Gasteiger partial charge is 0.455 e. The van der Waals surface area contributed by atoms with Gasteiger partial charge in [-0.15, -0.1) is 0 Å². The van der Waals surface area contributed by atoms with Crippen LogP contribution in [0.4, 0.5) is 0 Å². The van der Waals surface area contributed by atoms with E-state index in [1.165, 1.54) is 5.56 Å². The van der Waals surface area contributed by atoms with Gasteiger partial charge in [0.15, 0.2) is 17.5 Å². The van der Waals surface area contributed by atoms with E-state index in [4.69, 9.17) is 19.4 Å². The van der Waals surface area contributed by atoms with E-state index in [0.717, 1.165) is 88.7 Å². The highest BCUT2D eigenvalue weighted by Gasteiger charge is 2.19. The normalized spacial score (nSPS) is 11.3. The Bertz CT molecular complexity index is 3190. The van der Waals surface area contributed by atoms with Crippen molar-refractivity contribution >= 4 is 21.9 Å². The van der Waals surface area contributed by atoms with Gasteiger partial charge in [0.1, 0.15) is 11.2 Å². The molecule has 0 fully saturated rings. The number of hydrogen-bond acceptors (Lipinski definition) is 4. The first-order valence-corrected chi connectivity index (χ1v) is 20.5. The number of furan rings is 1. The van der Waals surface area contributed by atoms with E-state index < -0.39 is 0 Å². The van der Waals surface area contributed by atoms with E-state index in [1.807, 2.05) is 18.2 Å². The summed E-state index contributed by atoms with van der Waals surface area (Å²) in [6.45, 7) is 0. The third-order valence-electron chi connectivity index (χ3n) is 11.4. The zero-order valence-corrected chi connectivity index (χ0v) is 33.1. The molecule has 11 rings (SSSR count). The van der Waals surface area contributed by atoms with Crippen molar-refractivity contribution in [1.82, 2.24) is 15.0 Å². The molecule has 0 aliphatic rings. The van der Waals surface area contributed by atoms with Crippen LogP contribution in [0, 0.1) is 0 Å². The molecular weight excluding hydrogens is 743 g/mol. The quantitative estimate of drug-likeness (QED) is 0.154. The summed E-state index contributed by atoms with van der Waals surface area (Å²) in [5.74, 6) is 1.84. The lowest BCUT2D eigenvalue weighted by Crippen LogP contribution is -2.00. The Hall–Kier alpha value is -8.21. The lowest BCUT2D eigenvalue weighted by atomic mass is 9.95. The van der Waals surface area contributed by atoms with Crippen LogP contribution < -0.4 is 0 Å². The van der Waals surface area contributed by atoms with Crippen molar-refractivity contribution in [2.75, 3.05) is 0 Å². The van der Waals surface area contributed by atoms with Gasteiger partial charge >= 0.3 is 0 Å². The zero-order chi connectivity index (χ0) is 40.5. The molecule has 0 N–H and O–H groups in total. The molecule has 0 aliphatic heterocycles. The Kier molecular flexibility index (Phi) is 9.14. The topological polar surface area (TPSA) is 51.8 Å². The van der Waals surface area contributed by atoms with E-state index in [-0.39, 0.29) is 0 Å². The van der Waals surface area contributed by atoms with Crippen LogP contribution in [0.15, 0.2) is 229 Å². The van der Waals surface area contributed by atoms with Gasteiger partial charge in [-0.1, -0.05) is 212 Å². The maximum atomic E-state index is 6.90. The highest BCUT2D eigenvalue weighted by Crippen LogP contribution is 2.42. The smallest absolute Gasteiger partial charge is 0.164 e. The molecule has 0 bridgehead atoms. The fourth-order valence-electron chi connectivity index (χ4n) is 8.20. The molecule has 0 atom stereocenters. The number of aromatic nitrogens is 3. The lowest BCUT2D eigenvalue weighted by molar-refractivity contribution is 0.671. The molecule has 0 unspecified atom stereocenters. The van der Waals surface area contributed by atoms with Gasteiger partial charge in [0, 0.05) is 38.6 Å². The molecule has 0 aliphatic carbocycles. The Balaban J connectivity index is 0.996. The van der Waals surface area contributed by atoms with Crippen LogP contribution in [0.1, 0.15) is 0 Å². The van der Waals surface area contributed by atoms with Crippen LogP contribution in [0.3, 0.4) is 0 Å². The Labute approximate surface area is 354 Å². The van der Waals surface area contributed by atoms with Crippen LogP contribution in [-0.2, 0) is 0 Å². The molecule has 61 heavy (non-hydrogen) atoms. The van der Waals surface area contributed by atoms with E-state index in [2.05, 4.69) is 206 Å². The number of fused-ring (bicyclic) bond motifs is 3. The Morgan fingerprint density at radius 3 is 1.03 bits per heavy atom. The summed E-state index contributed by atoms with van der Waals surface area (Å²) in [5, 5.41) is 2.17. The van der Waals surface area contributed by atoms with Gasteiger partial charge in [-0.25, -0.2) is 15.0 Å². The van der Waals surface area contributed by atoms with Crippen molar-refractivity contribution in [3.8, 4) is 89.8 Å². The fraction of sp³-hybridized carbons (Fsp3) is 0. The highest BCUT2D eigenvalue weighted by atomic mass is 16.3. The molecule has 0 saturated heterocycles. The molecule has 9 aromatic carbocycles. The van der Waals surface area contributed by atoms with Gasteiger partial charge in [-0.05, 0) is 56.6 Å². The molecule has 2 aromatic heterocycles. The molecule has 11 aromatic rings. The summed E-state index contributed by atoms with van der Waals surface area (Å²) in [4.78, 5) is 15.2. The minimum absolute atomic E-state index is 0.605. The first-order valence-electron chi connectivity index (χ1n) is 20.5. The summed E-state index contributed by atoms with van der Waals surface area (Å²) in [6, 6.07) is 78.1. The molecule has 286 valence electrons. The fourth-order valence-corrected chi connectivity index (χ4v) is 8.20. The second-order valence-electron chi connectivity index (χ2n) is 15.2. The van der Waals surface area contributed by atoms with Gasteiger partial charge in [0.25, 0.3) is 0 Å². The van der Waals surface area contributed by atoms with Crippen LogP contribution in [0.25, 0.3) is 112 Å². The molecular formula is C57H37N3O. The molecule has 4 heteroatoms. The zero-order valence-electron chi connectivity index (χ0n) is 33.1. The first kappa shape index (κ1) is 35.9. The third-order valence-corrected chi connectivity index (χ3v) is 11.4. The van der Waals surface area contributed by atoms with Crippen LogP contribution >= 0.6 is 0 Å². The molecule has 2 heterocycles. The van der Waals surface area contributed by atoms with E-state index in [9.17, 15) is 0 Å². The van der Waals surface area contributed by atoms with Gasteiger partial charge in [0.05, 0.1) is 0 Å². The summed E-state index contributed by atoms with van der Waals surface area (Å²) < 4.78 is 6.90. The average Bonchev–Trinajstić information content (AvgIpc) is 3.74. The third kappa shape index (κ3) is 6.96. The van der Waals surface area contributed by atoms with Gasteiger partial charge < -0.3 is 4.42 Å². The number of nitrogens with zero attached hydrogens (tertiary/aromatic N) is 3. The molecule has 0 radical (unpaired) electrons. The minimum Gasteiger partial charge on any atom is -0.455 e. The van der Waals surface area contributed by atoms with E-state index in [1.54, 1.807) is 0 Å². The predicted octanol–water partition coefficient (Wildman–Crippen LogP) is 15.1. The monoisotopic (exact) mass is 779 g/mol. The molecule has 4 nitrogen and oxygen atoms in total. The predicted molar refractivity (Wildman–Crippen MR) is 251 cm³/mol. The lowest BCUT2D eigenvalue weighted by Gasteiger charge is -2.10. The van der Waals surface area contributed by atoms with E-state index in [0.29, 0.717) is 17.5 Å². The number of hydrogen-bond donors (Lipinski definition) is 0.